The largest absolute Gasteiger partial charge is 0.493 e. The van der Waals surface area contributed by atoms with Gasteiger partial charge in [-0.15, -0.1) is 12.4 Å². The van der Waals surface area contributed by atoms with Crippen LogP contribution in [-0.2, 0) is 0 Å². The highest BCUT2D eigenvalue weighted by Crippen LogP contribution is 2.35. The topological polar surface area (TPSA) is 56.3 Å². The van der Waals surface area contributed by atoms with Crippen molar-refractivity contribution in [2.45, 2.75) is 9.79 Å². The van der Waals surface area contributed by atoms with Crippen molar-refractivity contribution < 1.29 is 9.47 Å². The zero-order valence-electron chi connectivity index (χ0n) is 16.0. The second-order valence-corrected chi connectivity index (χ2v) is 7.16. The van der Waals surface area contributed by atoms with E-state index in [1.807, 2.05) is 42.5 Å². The van der Waals surface area contributed by atoms with Crippen LogP contribution in [0.2, 0.25) is 0 Å². The third kappa shape index (κ3) is 4.72. The number of aromatic nitrogens is 2. The van der Waals surface area contributed by atoms with Crippen LogP contribution in [0.5, 0.6) is 11.5 Å². The van der Waals surface area contributed by atoms with Crippen molar-refractivity contribution in [3.05, 3.63) is 73.1 Å². The Bertz CT molecular complexity index is 1090. The Balaban J connectivity index is 0.00000240. The van der Waals surface area contributed by atoms with Crippen LogP contribution in [0.3, 0.4) is 0 Å². The summed E-state index contributed by atoms with van der Waals surface area (Å²) in [6, 6.07) is 22.3. The third-order valence-electron chi connectivity index (χ3n) is 4.24. The first kappa shape index (κ1) is 20.8. The van der Waals surface area contributed by atoms with Gasteiger partial charge in [-0.2, -0.15) is 0 Å². The van der Waals surface area contributed by atoms with Gasteiger partial charge in [0, 0.05) is 26.9 Å². The maximum Gasteiger partial charge on any atom is 0.162 e. The van der Waals surface area contributed by atoms with E-state index in [0.717, 1.165) is 22.4 Å². The Labute approximate surface area is 179 Å². The minimum atomic E-state index is 0. The molecular weight excluding hydrogens is 406 g/mol. The van der Waals surface area contributed by atoms with Gasteiger partial charge in [-0.25, -0.2) is 9.97 Å². The standard InChI is InChI=1S/C22H19N3O2S.ClH/c1-26-20-12-18-19(13-21(20)27-2)23-14-24-22(18)25-15-8-10-17(11-9-15)28-16-6-4-3-5-7-16;/h3-14H,1-2H3,(H,23,24,25);1H. The van der Waals surface area contributed by atoms with Crippen molar-refractivity contribution in [2.75, 3.05) is 19.5 Å². The summed E-state index contributed by atoms with van der Waals surface area (Å²) in [6.45, 7) is 0. The molecule has 0 aliphatic carbocycles. The first-order valence-corrected chi connectivity index (χ1v) is 9.55. The van der Waals surface area contributed by atoms with Gasteiger partial charge in [0.05, 0.1) is 19.7 Å². The molecule has 0 atom stereocenters. The summed E-state index contributed by atoms with van der Waals surface area (Å²) in [6.07, 6.45) is 1.54. The average molecular weight is 426 g/mol. The molecule has 0 unspecified atom stereocenters. The molecule has 1 heterocycles. The fourth-order valence-corrected chi connectivity index (χ4v) is 3.69. The summed E-state index contributed by atoms with van der Waals surface area (Å²) in [5.41, 5.74) is 1.73. The Hall–Kier alpha value is -2.96. The highest BCUT2D eigenvalue weighted by molar-refractivity contribution is 7.99. The predicted molar refractivity (Wildman–Crippen MR) is 120 cm³/mol. The molecule has 0 amide bonds. The molecule has 0 spiro atoms. The van der Waals surface area contributed by atoms with E-state index in [1.165, 1.54) is 16.1 Å². The SMILES string of the molecule is COc1cc2ncnc(Nc3ccc(Sc4ccccc4)cc3)c2cc1OC.Cl. The first-order valence-electron chi connectivity index (χ1n) is 8.73. The molecule has 0 aliphatic heterocycles. The minimum Gasteiger partial charge on any atom is -0.493 e. The number of methoxy groups -OCH3 is 2. The smallest absolute Gasteiger partial charge is 0.162 e. The number of ether oxygens (including phenoxy) is 2. The van der Waals surface area contributed by atoms with Crippen molar-refractivity contribution in [1.82, 2.24) is 9.97 Å². The van der Waals surface area contributed by atoms with Gasteiger partial charge in [0.25, 0.3) is 0 Å². The molecule has 0 fully saturated rings. The normalized spacial score (nSPS) is 10.3. The number of anilines is 2. The average Bonchev–Trinajstić information content (AvgIpc) is 2.75. The number of hydrogen-bond donors (Lipinski definition) is 1. The second kappa shape index (κ2) is 9.49. The van der Waals surface area contributed by atoms with Crippen molar-refractivity contribution in [2.24, 2.45) is 0 Å². The third-order valence-corrected chi connectivity index (χ3v) is 5.25. The summed E-state index contributed by atoms with van der Waals surface area (Å²) >= 11 is 1.73. The van der Waals surface area contributed by atoms with Gasteiger partial charge < -0.3 is 14.8 Å². The van der Waals surface area contributed by atoms with Gasteiger partial charge in [0.2, 0.25) is 0 Å². The number of rotatable bonds is 6. The number of hydrogen-bond acceptors (Lipinski definition) is 6. The summed E-state index contributed by atoms with van der Waals surface area (Å²) in [5, 5.41) is 4.23. The molecule has 29 heavy (non-hydrogen) atoms. The number of benzene rings is 3. The maximum absolute atomic E-state index is 5.41. The Kier molecular flexibility index (Phi) is 6.80. The molecule has 1 aromatic heterocycles. The fraction of sp³-hybridized carbons (Fsp3) is 0.0909. The highest BCUT2D eigenvalue weighted by atomic mass is 35.5. The van der Waals surface area contributed by atoms with Crippen molar-refractivity contribution >= 4 is 46.6 Å². The molecule has 1 N–H and O–H groups in total. The number of nitrogens with zero attached hydrogens (tertiary/aromatic N) is 2. The van der Waals surface area contributed by atoms with Gasteiger partial charge in [0.15, 0.2) is 11.5 Å². The van der Waals surface area contributed by atoms with Gasteiger partial charge in [-0.05, 0) is 42.5 Å². The maximum atomic E-state index is 5.41. The van der Waals surface area contributed by atoms with E-state index in [-0.39, 0.29) is 12.4 Å². The van der Waals surface area contributed by atoms with Crippen LogP contribution < -0.4 is 14.8 Å². The number of fused-ring (bicyclic) bond motifs is 1. The fourth-order valence-electron chi connectivity index (χ4n) is 2.85. The predicted octanol–water partition coefficient (Wildman–Crippen LogP) is 5.96. The van der Waals surface area contributed by atoms with E-state index < -0.39 is 0 Å². The quantitative estimate of drug-likeness (QED) is 0.411. The molecule has 0 aliphatic rings. The molecule has 4 aromatic rings. The van der Waals surface area contributed by atoms with Crippen LogP contribution in [0.25, 0.3) is 10.9 Å². The molecular formula is C22H20ClN3O2S. The Morgan fingerprint density at radius 3 is 2.14 bits per heavy atom. The van der Waals surface area contributed by atoms with Crippen LogP contribution >= 0.6 is 24.2 Å². The van der Waals surface area contributed by atoms with Gasteiger partial charge >= 0.3 is 0 Å². The summed E-state index contributed by atoms with van der Waals surface area (Å²) < 4.78 is 10.8. The minimum absolute atomic E-state index is 0. The lowest BCUT2D eigenvalue weighted by Crippen LogP contribution is -1.98. The van der Waals surface area contributed by atoms with E-state index in [9.17, 15) is 0 Å². The number of nitrogens with one attached hydrogen (secondary N) is 1. The molecule has 0 radical (unpaired) electrons. The van der Waals surface area contributed by atoms with Crippen molar-refractivity contribution in [3.8, 4) is 11.5 Å². The summed E-state index contributed by atoms with van der Waals surface area (Å²) in [7, 11) is 3.22. The second-order valence-electron chi connectivity index (χ2n) is 6.01. The molecule has 4 rings (SSSR count). The van der Waals surface area contributed by atoms with Gasteiger partial charge in [-0.3, -0.25) is 0 Å². The van der Waals surface area contributed by atoms with Gasteiger partial charge in [-0.1, -0.05) is 30.0 Å². The van der Waals surface area contributed by atoms with E-state index in [0.29, 0.717) is 11.5 Å². The van der Waals surface area contributed by atoms with Crippen molar-refractivity contribution in [3.63, 3.8) is 0 Å². The van der Waals surface area contributed by atoms with E-state index >= 15 is 0 Å². The van der Waals surface area contributed by atoms with E-state index in [1.54, 1.807) is 26.0 Å². The van der Waals surface area contributed by atoms with Crippen LogP contribution in [0.1, 0.15) is 0 Å². The van der Waals surface area contributed by atoms with Crippen LogP contribution in [-0.4, -0.2) is 24.2 Å². The number of halogens is 1. The Morgan fingerprint density at radius 1 is 0.793 bits per heavy atom. The molecule has 0 saturated carbocycles. The molecule has 0 saturated heterocycles. The van der Waals surface area contributed by atoms with Crippen LogP contribution in [0.4, 0.5) is 11.5 Å². The monoisotopic (exact) mass is 425 g/mol. The lowest BCUT2D eigenvalue weighted by Gasteiger charge is -2.12. The molecule has 0 bridgehead atoms. The Morgan fingerprint density at radius 2 is 1.45 bits per heavy atom. The highest BCUT2D eigenvalue weighted by Gasteiger charge is 2.11. The lowest BCUT2D eigenvalue weighted by atomic mass is 10.2. The molecule has 148 valence electrons. The summed E-state index contributed by atoms with van der Waals surface area (Å²) in [5.74, 6) is 2.00. The zero-order valence-corrected chi connectivity index (χ0v) is 17.6. The molecule has 3 aromatic carbocycles. The first-order chi connectivity index (χ1) is 13.8. The molecule has 5 nitrogen and oxygen atoms in total. The molecule has 7 heteroatoms. The van der Waals surface area contributed by atoms with Gasteiger partial charge in [0.1, 0.15) is 12.1 Å². The van der Waals surface area contributed by atoms with E-state index in [4.69, 9.17) is 9.47 Å². The van der Waals surface area contributed by atoms with Crippen molar-refractivity contribution in [1.29, 1.82) is 0 Å². The van der Waals surface area contributed by atoms with E-state index in [2.05, 4.69) is 39.6 Å². The van der Waals surface area contributed by atoms with Crippen LogP contribution in [0.15, 0.2) is 82.8 Å². The lowest BCUT2D eigenvalue weighted by molar-refractivity contribution is 0.356. The zero-order chi connectivity index (χ0) is 19.3. The van der Waals surface area contributed by atoms with Crippen LogP contribution in [0, 0.1) is 0 Å². The summed E-state index contributed by atoms with van der Waals surface area (Å²) in [4.78, 5) is 11.1.